The van der Waals surface area contributed by atoms with Crippen molar-refractivity contribution in [1.29, 1.82) is 0 Å². The number of hydrogen-bond donors (Lipinski definition) is 0. The maximum absolute atomic E-state index is 13.0. The maximum Gasteiger partial charge on any atom is 0.292 e. The summed E-state index contributed by atoms with van der Waals surface area (Å²) < 4.78 is 11.4. The van der Waals surface area contributed by atoms with Crippen molar-refractivity contribution in [2.45, 2.75) is 12.3 Å². The van der Waals surface area contributed by atoms with E-state index in [2.05, 4.69) is 0 Å². The molecule has 2 aromatic carbocycles. The summed E-state index contributed by atoms with van der Waals surface area (Å²) in [5.41, 5.74) is 2.16. The first-order valence-corrected chi connectivity index (χ1v) is 8.01. The highest BCUT2D eigenvalue weighted by molar-refractivity contribution is 6.44. The monoisotopic (exact) mass is 349 g/mol. The Morgan fingerprint density at radius 3 is 2.43 bits per heavy atom. The lowest BCUT2D eigenvalue weighted by molar-refractivity contribution is -0.180. The van der Waals surface area contributed by atoms with Gasteiger partial charge in [-0.3, -0.25) is 4.79 Å². The maximum atomic E-state index is 13.0. The molecule has 0 atom stereocenters. The second kappa shape index (κ2) is 5.49. The van der Waals surface area contributed by atoms with E-state index in [1.165, 1.54) is 0 Å². The van der Waals surface area contributed by atoms with Crippen LogP contribution in [0.4, 0.5) is 5.69 Å². The smallest absolute Gasteiger partial charge is 0.292 e. The van der Waals surface area contributed by atoms with Gasteiger partial charge in [0.2, 0.25) is 0 Å². The van der Waals surface area contributed by atoms with E-state index in [1.807, 2.05) is 30.3 Å². The molecule has 1 spiro atoms. The van der Waals surface area contributed by atoms with Crippen LogP contribution < -0.4 is 4.90 Å². The topological polar surface area (TPSA) is 38.8 Å². The first kappa shape index (κ1) is 15.0. The average Bonchev–Trinajstić information content (AvgIpc) is 3.13. The molecule has 1 saturated heterocycles. The van der Waals surface area contributed by atoms with Crippen LogP contribution in [0.5, 0.6) is 0 Å². The third-order valence-electron chi connectivity index (χ3n) is 4.10. The molecule has 0 aliphatic carbocycles. The number of carbonyl (C=O) groups excluding carboxylic acids is 1. The first-order chi connectivity index (χ1) is 11.1. The Balaban J connectivity index is 1.85. The Bertz CT molecular complexity index is 773. The lowest BCUT2D eigenvalue weighted by Crippen LogP contribution is -2.40. The van der Waals surface area contributed by atoms with E-state index in [9.17, 15) is 4.79 Å². The molecule has 0 N–H and O–H groups in total. The van der Waals surface area contributed by atoms with Gasteiger partial charge in [-0.05, 0) is 17.7 Å². The van der Waals surface area contributed by atoms with Crippen LogP contribution in [0.2, 0.25) is 10.0 Å². The van der Waals surface area contributed by atoms with E-state index in [0.717, 1.165) is 5.56 Å². The summed E-state index contributed by atoms with van der Waals surface area (Å²) >= 11 is 12.5. The molecular formula is C17H13Cl2NO3. The van der Waals surface area contributed by atoms with Crippen LogP contribution in [-0.4, -0.2) is 19.1 Å². The molecule has 23 heavy (non-hydrogen) atoms. The van der Waals surface area contributed by atoms with E-state index >= 15 is 0 Å². The van der Waals surface area contributed by atoms with Crippen molar-refractivity contribution in [2.75, 3.05) is 18.1 Å². The van der Waals surface area contributed by atoms with Crippen molar-refractivity contribution >= 4 is 34.8 Å². The number of hydrogen-bond acceptors (Lipinski definition) is 3. The van der Waals surface area contributed by atoms with Crippen molar-refractivity contribution in [3.05, 3.63) is 63.6 Å². The lowest BCUT2D eigenvalue weighted by atomic mass is 10.1. The Kier molecular flexibility index (Phi) is 3.58. The Morgan fingerprint density at radius 2 is 1.74 bits per heavy atom. The molecule has 0 unspecified atom stereocenters. The van der Waals surface area contributed by atoms with Gasteiger partial charge in [0.15, 0.2) is 0 Å². The number of halogens is 2. The number of anilines is 1. The van der Waals surface area contributed by atoms with Gasteiger partial charge in [-0.15, -0.1) is 0 Å². The molecule has 1 amide bonds. The molecule has 4 rings (SSSR count). The SMILES string of the molecule is O=C1N(Cc2ccccc2)c2c(ccc(Cl)c2Cl)C12OCCO2. The number of benzene rings is 2. The fraction of sp³-hybridized carbons (Fsp3) is 0.235. The molecule has 4 nitrogen and oxygen atoms in total. The van der Waals surface area contributed by atoms with Crippen LogP contribution in [0.3, 0.4) is 0 Å². The number of rotatable bonds is 2. The number of fused-ring (bicyclic) bond motifs is 2. The fourth-order valence-corrected chi connectivity index (χ4v) is 3.49. The minimum Gasteiger partial charge on any atom is -0.336 e. The molecule has 0 radical (unpaired) electrons. The molecular weight excluding hydrogens is 337 g/mol. The second-order valence-electron chi connectivity index (χ2n) is 5.45. The third kappa shape index (κ3) is 2.17. The van der Waals surface area contributed by atoms with E-state index in [-0.39, 0.29) is 5.91 Å². The summed E-state index contributed by atoms with van der Waals surface area (Å²) in [6, 6.07) is 13.1. The summed E-state index contributed by atoms with van der Waals surface area (Å²) in [4.78, 5) is 14.6. The Hall–Kier alpha value is -1.59. The van der Waals surface area contributed by atoms with Gasteiger partial charge in [0.25, 0.3) is 11.7 Å². The molecule has 0 aromatic heterocycles. The number of carbonyl (C=O) groups is 1. The standard InChI is InChI=1S/C17H13Cl2NO3/c18-13-7-6-12-15(14(13)19)20(10-11-4-2-1-3-5-11)16(21)17(12)22-8-9-23-17/h1-7H,8-10H2. The Morgan fingerprint density at radius 1 is 1.04 bits per heavy atom. The van der Waals surface area contributed by atoms with Gasteiger partial charge in [0, 0.05) is 5.56 Å². The summed E-state index contributed by atoms with van der Waals surface area (Å²) in [5.74, 6) is -1.66. The van der Waals surface area contributed by atoms with E-state index in [0.29, 0.717) is 41.1 Å². The van der Waals surface area contributed by atoms with Crippen molar-refractivity contribution < 1.29 is 14.3 Å². The zero-order valence-corrected chi connectivity index (χ0v) is 13.6. The number of nitrogens with zero attached hydrogens (tertiary/aromatic N) is 1. The normalized spacial score (nSPS) is 18.7. The molecule has 2 aliphatic rings. The molecule has 2 aromatic rings. The molecule has 0 bridgehead atoms. The van der Waals surface area contributed by atoms with Crippen molar-refractivity contribution in [2.24, 2.45) is 0 Å². The summed E-state index contributed by atoms with van der Waals surface area (Å²) in [6.45, 7) is 1.11. The van der Waals surface area contributed by atoms with Crippen LogP contribution >= 0.6 is 23.2 Å². The molecule has 118 valence electrons. The predicted octanol–water partition coefficient (Wildman–Crippen LogP) is 3.74. The van der Waals surface area contributed by atoms with Crippen LogP contribution in [-0.2, 0) is 26.6 Å². The van der Waals surface area contributed by atoms with Gasteiger partial charge >= 0.3 is 0 Å². The Labute approximate surface area is 143 Å². The predicted molar refractivity (Wildman–Crippen MR) is 87.7 cm³/mol. The van der Waals surface area contributed by atoms with Gasteiger partial charge in [-0.1, -0.05) is 53.5 Å². The molecule has 6 heteroatoms. The molecule has 2 heterocycles. The quantitative estimate of drug-likeness (QED) is 0.828. The minimum atomic E-state index is -1.39. The zero-order valence-electron chi connectivity index (χ0n) is 12.1. The number of amides is 1. The minimum absolute atomic E-state index is 0.266. The zero-order chi connectivity index (χ0) is 16.0. The lowest BCUT2D eigenvalue weighted by Gasteiger charge is -2.22. The summed E-state index contributed by atoms with van der Waals surface area (Å²) in [7, 11) is 0. The van der Waals surface area contributed by atoms with Gasteiger partial charge in [-0.25, -0.2) is 0 Å². The average molecular weight is 350 g/mol. The summed E-state index contributed by atoms with van der Waals surface area (Å²) in [5, 5.41) is 0.732. The number of ether oxygens (including phenoxy) is 2. The van der Waals surface area contributed by atoms with Crippen molar-refractivity contribution in [3.8, 4) is 0 Å². The van der Waals surface area contributed by atoms with Crippen molar-refractivity contribution in [3.63, 3.8) is 0 Å². The van der Waals surface area contributed by atoms with E-state index < -0.39 is 5.79 Å². The van der Waals surface area contributed by atoms with Crippen LogP contribution in [0, 0.1) is 0 Å². The molecule has 2 aliphatic heterocycles. The van der Waals surface area contributed by atoms with E-state index in [1.54, 1.807) is 17.0 Å². The highest BCUT2D eigenvalue weighted by Crippen LogP contribution is 2.50. The van der Waals surface area contributed by atoms with Crippen LogP contribution in [0.15, 0.2) is 42.5 Å². The highest BCUT2D eigenvalue weighted by Gasteiger charge is 2.56. The van der Waals surface area contributed by atoms with Crippen LogP contribution in [0.25, 0.3) is 0 Å². The first-order valence-electron chi connectivity index (χ1n) is 7.26. The summed E-state index contributed by atoms with van der Waals surface area (Å²) in [6.07, 6.45) is 0. The largest absolute Gasteiger partial charge is 0.336 e. The fourth-order valence-electron chi connectivity index (χ4n) is 3.07. The molecule has 1 fully saturated rings. The van der Waals surface area contributed by atoms with E-state index in [4.69, 9.17) is 32.7 Å². The van der Waals surface area contributed by atoms with Crippen molar-refractivity contribution in [1.82, 2.24) is 0 Å². The van der Waals surface area contributed by atoms with Gasteiger partial charge in [-0.2, -0.15) is 0 Å². The van der Waals surface area contributed by atoms with Crippen LogP contribution in [0.1, 0.15) is 11.1 Å². The molecule has 0 saturated carbocycles. The third-order valence-corrected chi connectivity index (χ3v) is 4.89. The van der Waals surface area contributed by atoms with Gasteiger partial charge in [0.05, 0.1) is 35.5 Å². The highest BCUT2D eigenvalue weighted by atomic mass is 35.5. The van der Waals surface area contributed by atoms with Gasteiger partial charge in [0.1, 0.15) is 0 Å². The second-order valence-corrected chi connectivity index (χ2v) is 6.23. The van der Waals surface area contributed by atoms with Gasteiger partial charge < -0.3 is 14.4 Å².